The third kappa shape index (κ3) is 2.14. The molecule has 24 heavy (non-hydrogen) atoms. The molecule has 2 unspecified atom stereocenters. The van der Waals surface area contributed by atoms with Crippen LogP contribution < -0.4 is 5.32 Å². The number of carbonyl (C=O) groups is 1. The van der Waals surface area contributed by atoms with Crippen LogP contribution in [0.15, 0.2) is 84.9 Å². The van der Waals surface area contributed by atoms with E-state index in [0.717, 1.165) is 11.1 Å². The molecule has 3 nitrogen and oxygen atoms in total. The van der Waals surface area contributed by atoms with Crippen molar-refractivity contribution in [2.45, 2.75) is 11.6 Å². The average Bonchev–Trinajstić information content (AvgIpc) is 2.66. The molecule has 0 saturated heterocycles. The molecule has 1 aliphatic heterocycles. The van der Waals surface area contributed by atoms with Gasteiger partial charge >= 0.3 is 0 Å². The van der Waals surface area contributed by atoms with Gasteiger partial charge in [-0.15, -0.1) is 0 Å². The van der Waals surface area contributed by atoms with E-state index in [-0.39, 0.29) is 5.91 Å². The number of hydrogen-bond acceptors (Lipinski definition) is 2. The Balaban J connectivity index is 1.99. The maximum absolute atomic E-state index is 12.6. The molecule has 0 aromatic heterocycles. The first kappa shape index (κ1) is 14.7. The molecule has 4 rings (SSSR count). The van der Waals surface area contributed by atoms with Crippen LogP contribution in [0.25, 0.3) is 0 Å². The third-order valence-corrected chi connectivity index (χ3v) is 4.62. The summed E-state index contributed by atoms with van der Waals surface area (Å²) in [5, 5.41) is 14.8. The second kappa shape index (κ2) is 5.62. The van der Waals surface area contributed by atoms with Crippen molar-refractivity contribution < 1.29 is 9.90 Å². The van der Waals surface area contributed by atoms with E-state index in [1.807, 2.05) is 78.9 Å². The zero-order valence-corrected chi connectivity index (χ0v) is 13.0. The normalized spacial score (nSPS) is 22.5. The maximum atomic E-state index is 12.6. The van der Waals surface area contributed by atoms with Crippen molar-refractivity contribution in [3.63, 3.8) is 0 Å². The number of aliphatic hydroxyl groups is 1. The van der Waals surface area contributed by atoms with E-state index in [1.165, 1.54) is 0 Å². The summed E-state index contributed by atoms with van der Waals surface area (Å²) < 4.78 is 0. The van der Waals surface area contributed by atoms with E-state index >= 15 is 0 Å². The van der Waals surface area contributed by atoms with Crippen LogP contribution in [0.1, 0.15) is 33.1 Å². The Labute approximate surface area is 140 Å². The molecular formula is C21H17NO2. The van der Waals surface area contributed by atoms with Crippen molar-refractivity contribution in [1.82, 2.24) is 5.32 Å². The fourth-order valence-corrected chi connectivity index (χ4v) is 3.47. The molecule has 1 amide bonds. The number of rotatable bonds is 2. The molecule has 0 fully saturated rings. The lowest BCUT2D eigenvalue weighted by Gasteiger charge is -2.42. The number of nitrogens with one attached hydrogen (secondary N) is 1. The molecule has 3 aromatic rings. The highest BCUT2D eigenvalue weighted by atomic mass is 16.3. The molecule has 0 spiro atoms. The Kier molecular flexibility index (Phi) is 3.44. The number of amides is 1. The smallest absolute Gasteiger partial charge is 0.252 e. The van der Waals surface area contributed by atoms with Gasteiger partial charge in [0.25, 0.3) is 5.91 Å². The Morgan fingerprint density at radius 3 is 2.08 bits per heavy atom. The lowest BCUT2D eigenvalue weighted by atomic mass is 9.73. The zero-order valence-electron chi connectivity index (χ0n) is 13.0. The van der Waals surface area contributed by atoms with Crippen LogP contribution in [0.3, 0.4) is 0 Å². The van der Waals surface area contributed by atoms with E-state index in [2.05, 4.69) is 5.32 Å². The first-order chi connectivity index (χ1) is 11.7. The molecule has 118 valence electrons. The topological polar surface area (TPSA) is 49.3 Å². The lowest BCUT2D eigenvalue weighted by Crippen LogP contribution is -2.50. The summed E-state index contributed by atoms with van der Waals surface area (Å²) in [5.41, 5.74) is 1.44. The van der Waals surface area contributed by atoms with Gasteiger partial charge in [-0.25, -0.2) is 0 Å². The van der Waals surface area contributed by atoms with E-state index in [1.54, 1.807) is 6.07 Å². The van der Waals surface area contributed by atoms with E-state index in [0.29, 0.717) is 11.1 Å². The highest BCUT2D eigenvalue weighted by Crippen LogP contribution is 2.44. The monoisotopic (exact) mass is 315 g/mol. The second-order valence-electron chi connectivity index (χ2n) is 6.00. The molecule has 2 atom stereocenters. The quantitative estimate of drug-likeness (QED) is 0.761. The Morgan fingerprint density at radius 2 is 1.38 bits per heavy atom. The summed E-state index contributed by atoms with van der Waals surface area (Å²) in [5.74, 6) is -0.167. The molecule has 1 aliphatic rings. The predicted molar refractivity (Wildman–Crippen MR) is 92.5 cm³/mol. The summed E-state index contributed by atoms with van der Waals surface area (Å²) in [4.78, 5) is 12.6. The van der Waals surface area contributed by atoms with Crippen LogP contribution in [0.2, 0.25) is 0 Å². The zero-order chi connectivity index (χ0) is 16.6. The van der Waals surface area contributed by atoms with Crippen LogP contribution in [-0.2, 0) is 5.60 Å². The second-order valence-corrected chi connectivity index (χ2v) is 6.00. The number of benzene rings is 3. The van der Waals surface area contributed by atoms with Crippen molar-refractivity contribution in [1.29, 1.82) is 0 Å². The van der Waals surface area contributed by atoms with Gasteiger partial charge in [-0.3, -0.25) is 4.79 Å². The largest absolute Gasteiger partial charge is 0.378 e. The van der Waals surface area contributed by atoms with Gasteiger partial charge in [-0.2, -0.15) is 0 Å². The minimum absolute atomic E-state index is 0.167. The Bertz CT molecular complexity index is 877. The van der Waals surface area contributed by atoms with Crippen LogP contribution >= 0.6 is 0 Å². The molecule has 0 bridgehead atoms. The lowest BCUT2D eigenvalue weighted by molar-refractivity contribution is 0.0256. The number of fused-ring (bicyclic) bond motifs is 1. The van der Waals surface area contributed by atoms with E-state index < -0.39 is 11.6 Å². The minimum atomic E-state index is -1.33. The summed E-state index contributed by atoms with van der Waals surface area (Å²) in [7, 11) is 0. The third-order valence-electron chi connectivity index (χ3n) is 4.62. The van der Waals surface area contributed by atoms with Gasteiger partial charge in [-0.1, -0.05) is 78.9 Å². The Morgan fingerprint density at radius 1 is 0.792 bits per heavy atom. The SMILES string of the molecule is O=C1NC(c2ccccc2)C(O)(c2ccccc2)c2ccccc21. The van der Waals surface area contributed by atoms with Gasteiger partial charge in [0, 0.05) is 11.1 Å². The van der Waals surface area contributed by atoms with Crippen molar-refractivity contribution in [3.8, 4) is 0 Å². The van der Waals surface area contributed by atoms with Gasteiger partial charge in [0.05, 0.1) is 6.04 Å². The van der Waals surface area contributed by atoms with Crippen LogP contribution in [0.4, 0.5) is 0 Å². The highest BCUT2D eigenvalue weighted by Gasteiger charge is 2.47. The first-order valence-electron chi connectivity index (χ1n) is 7.94. The predicted octanol–water partition coefficient (Wildman–Crippen LogP) is 3.41. The Hall–Kier alpha value is -2.91. The molecule has 3 heteroatoms. The van der Waals surface area contributed by atoms with Crippen molar-refractivity contribution in [2.75, 3.05) is 0 Å². The summed E-state index contributed by atoms with van der Waals surface area (Å²) in [6.07, 6.45) is 0. The van der Waals surface area contributed by atoms with Crippen molar-refractivity contribution in [3.05, 3.63) is 107 Å². The minimum Gasteiger partial charge on any atom is -0.378 e. The average molecular weight is 315 g/mol. The summed E-state index contributed by atoms with van der Waals surface area (Å²) >= 11 is 0. The fraction of sp³-hybridized carbons (Fsp3) is 0.0952. The first-order valence-corrected chi connectivity index (χ1v) is 7.94. The van der Waals surface area contributed by atoms with Gasteiger partial charge in [-0.05, 0) is 17.2 Å². The number of carbonyl (C=O) groups excluding carboxylic acids is 1. The molecule has 0 saturated carbocycles. The molecule has 0 radical (unpaired) electrons. The van der Waals surface area contributed by atoms with E-state index in [9.17, 15) is 9.90 Å². The van der Waals surface area contributed by atoms with Crippen LogP contribution in [0.5, 0.6) is 0 Å². The van der Waals surface area contributed by atoms with Crippen LogP contribution in [0, 0.1) is 0 Å². The van der Waals surface area contributed by atoms with Gasteiger partial charge in [0.2, 0.25) is 0 Å². The highest BCUT2D eigenvalue weighted by molar-refractivity contribution is 5.98. The van der Waals surface area contributed by atoms with Crippen LogP contribution in [-0.4, -0.2) is 11.0 Å². The van der Waals surface area contributed by atoms with E-state index in [4.69, 9.17) is 0 Å². The molecule has 2 N–H and O–H groups in total. The molecular weight excluding hydrogens is 298 g/mol. The number of hydrogen-bond donors (Lipinski definition) is 2. The maximum Gasteiger partial charge on any atom is 0.252 e. The standard InChI is InChI=1S/C21H17NO2/c23-20-17-13-7-8-14-18(17)21(24,16-11-5-2-6-12-16)19(22-20)15-9-3-1-4-10-15/h1-14,19,24H,(H,22,23). The summed E-state index contributed by atoms with van der Waals surface area (Å²) in [6, 6.07) is 25.8. The molecule has 0 aliphatic carbocycles. The van der Waals surface area contributed by atoms with Gasteiger partial charge < -0.3 is 10.4 Å². The molecule has 1 heterocycles. The van der Waals surface area contributed by atoms with Gasteiger partial charge in [0.15, 0.2) is 0 Å². The van der Waals surface area contributed by atoms with Crippen molar-refractivity contribution >= 4 is 5.91 Å². The van der Waals surface area contributed by atoms with Crippen molar-refractivity contribution in [2.24, 2.45) is 0 Å². The molecule has 3 aromatic carbocycles. The fourth-order valence-electron chi connectivity index (χ4n) is 3.47. The summed E-state index contributed by atoms with van der Waals surface area (Å²) in [6.45, 7) is 0. The van der Waals surface area contributed by atoms with Gasteiger partial charge in [0.1, 0.15) is 5.60 Å².